The van der Waals surface area contributed by atoms with Crippen LogP contribution < -0.4 is 0 Å². The molecule has 0 aliphatic carbocycles. The molecule has 23 heavy (non-hydrogen) atoms. The van der Waals surface area contributed by atoms with Gasteiger partial charge in [0.25, 0.3) is 0 Å². The number of aromatic amines is 1. The van der Waals surface area contributed by atoms with Gasteiger partial charge in [-0.15, -0.1) is 11.3 Å². The number of fused-ring (bicyclic) bond motifs is 1. The molecular weight excluding hydrogens is 456 g/mol. The Balaban J connectivity index is 0. The standard InChI is InChI=1S/C7H5NS2.2C3H7NS2.Zn/c9-7-8-5-3-1-2-4-6(5)10-7;2*1-4(2)3(5)6;/h1-4H,(H,8,9);2*1-2H3,(H,5,6);/q;;;+2/p-2. The summed E-state index contributed by atoms with van der Waals surface area (Å²) in [5.41, 5.74) is 1.14. The van der Waals surface area contributed by atoms with Crippen LogP contribution >= 0.6 is 48.0 Å². The number of hydrogen-bond acceptors (Lipinski definition) is 6. The van der Waals surface area contributed by atoms with Crippen LogP contribution in [0.3, 0.4) is 0 Å². The van der Waals surface area contributed by atoms with Crippen molar-refractivity contribution in [3.63, 3.8) is 0 Å². The minimum Gasteiger partial charge on any atom is -0.411 e. The minimum absolute atomic E-state index is 0. The number of thiocarbonyl (C=S) groups is 2. The van der Waals surface area contributed by atoms with E-state index in [1.165, 1.54) is 4.70 Å². The summed E-state index contributed by atoms with van der Waals surface area (Å²) in [5.74, 6) is 0. The molecule has 2 rings (SSSR count). The first-order valence-corrected chi connectivity index (χ1v) is 8.85. The van der Waals surface area contributed by atoms with E-state index in [1.807, 2.05) is 46.4 Å². The maximum atomic E-state index is 4.98. The van der Waals surface area contributed by atoms with Crippen LogP contribution in [0.2, 0.25) is 0 Å². The molecule has 10 heteroatoms. The third-order valence-electron chi connectivity index (χ3n) is 2.06. The smallest absolute Gasteiger partial charge is 0.411 e. The zero-order valence-electron chi connectivity index (χ0n) is 13.4. The third-order valence-corrected chi connectivity index (χ3v) is 4.73. The second-order valence-corrected chi connectivity index (χ2v) is 8.11. The van der Waals surface area contributed by atoms with Gasteiger partial charge in [-0.3, -0.25) is 0 Å². The van der Waals surface area contributed by atoms with Crippen LogP contribution in [0.1, 0.15) is 0 Å². The van der Waals surface area contributed by atoms with E-state index in [4.69, 9.17) is 12.2 Å². The van der Waals surface area contributed by atoms with Crippen molar-refractivity contribution in [2.24, 2.45) is 0 Å². The molecule has 1 aromatic heterocycles. The molecule has 0 atom stereocenters. The number of para-hydroxylation sites is 1. The Morgan fingerprint density at radius 2 is 1.39 bits per heavy atom. The fourth-order valence-corrected chi connectivity index (χ4v) is 2.01. The zero-order chi connectivity index (χ0) is 17.3. The van der Waals surface area contributed by atoms with Crippen molar-refractivity contribution in [1.82, 2.24) is 14.8 Å². The van der Waals surface area contributed by atoms with Crippen molar-refractivity contribution in [2.45, 2.75) is 0 Å². The number of rotatable bonds is 0. The van der Waals surface area contributed by atoms with Crippen molar-refractivity contribution < 1.29 is 19.5 Å². The summed E-state index contributed by atoms with van der Waals surface area (Å²) in [7, 11) is 7.31. The molecule has 1 heterocycles. The van der Waals surface area contributed by atoms with Crippen molar-refractivity contribution in [3.05, 3.63) is 28.2 Å². The van der Waals surface area contributed by atoms with E-state index in [0.29, 0.717) is 8.64 Å². The molecule has 0 saturated heterocycles. The Hall–Kier alpha value is 0.173. The van der Waals surface area contributed by atoms with Gasteiger partial charge in [0, 0.05) is 28.2 Å². The fraction of sp³-hybridized carbons (Fsp3) is 0.308. The molecule has 0 aliphatic heterocycles. The molecule has 0 bridgehead atoms. The van der Waals surface area contributed by atoms with Gasteiger partial charge < -0.3 is 64.5 Å². The summed E-state index contributed by atoms with van der Waals surface area (Å²) < 4.78 is 3.10. The first-order chi connectivity index (χ1) is 10.1. The molecule has 3 nitrogen and oxygen atoms in total. The van der Waals surface area contributed by atoms with Gasteiger partial charge in [-0.2, -0.15) is 0 Å². The second kappa shape index (κ2) is 13.5. The van der Waals surface area contributed by atoms with E-state index in [2.05, 4.69) is 60.7 Å². The SMILES string of the molecule is CN(C)C(=S)[S-].CN(C)C(=S)[S-].S=c1[nH]c2ccccc2s1.[Zn+2]. The summed E-state index contributed by atoms with van der Waals surface area (Å²) in [6, 6.07) is 8.11. The Morgan fingerprint density at radius 3 is 1.74 bits per heavy atom. The Morgan fingerprint density at radius 1 is 1.00 bits per heavy atom. The molecule has 2 aromatic rings. The molecule has 122 valence electrons. The van der Waals surface area contributed by atoms with Crippen LogP contribution in [0.4, 0.5) is 0 Å². The van der Waals surface area contributed by atoms with E-state index in [9.17, 15) is 0 Å². The number of benzene rings is 1. The molecular formula is C13H17N3S6Zn. The van der Waals surface area contributed by atoms with E-state index in [0.717, 1.165) is 9.47 Å². The van der Waals surface area contributed by atoms with Crippen molar-refractivity contribution in [1.29, 1.82) is 0 Å². The van der Waals surface area contributed by atoms with Crippen LogP contribution in [0, 0.1) is 3.95 Å². The number of nitrogens with one attached hydrogen (secondary N) is 1. The predicted molar refractivity (Wildman–Crippen MR) is 114 cm³/mol. The molecule has 0 radical (unpaired) electrons. The minimum atomic E-state index is 0. The number of thiazole rings is 1. The van der Waals surface area contributed by atoms with Gasteiger partial charge in [0.2, 0.25) is 0 Å². The average molecular weight is 473 g/mol. The Labute approximate surface area is 181 Å². The summed E-state index contributed by atoms with van der Waals surface area (Å²) in [6.45, 7) is 0. The quantitative estimate of drug-likeness (QED) is 0.354. The summed E-state index contributed by atoms with van der Waals surface area (Å²) in [6.07, 6.45) is 0. The number of hydrogen-bond donors (Lipinski definition) is 1. The molecule has 0 saturated carbocycles. The second-order valence-electron chi connectivity index (χ2n) is 4.33. The van der Waals surface area contributed by atoms with E-state index >= 15 is 0 Å². The summed E-state index contributed by atoms with van der Waals surface area (Å²) in [5, 5.41) is 0. The van der Waals surface area contributed by atoms with Gasteiger partial charge in [-0.05, 0) is 24.4 Å². The first-order valence-electron chi connectivity index (χ1n) is 5.99. The monoisotopic (exact) mass is 471 g/mol. The fourth-order valence-electron chi connectivity index (χ4n) is 0.894. The van der Waals surface area contributed by atoms with E-state index in [-0.39, 0.29) is 19.5 Å². The van der Waals surface area contributed by atoms with Crippen LogP contribution in [-0.4, -0.2) is 51.6 Å². The zero-order valence-corrected chi connectivity index (χ0v) is 21.2. The molecule has 0 fully saturated rings. The maximum absolute atomic E-state index is 4.98. The van der Waals surface area contributed by atoms with Crippen LogP contribution in [0.15, 0.2) is 24.3 Å². The maximum Gasteiger partial charge on any atom is 2.00 e. The predicted octanol–water partition coefficient (Wildman–Crippen LogP) is 3.72. The summed E-state index contributed by atoms with van der Waals surface area (Å²) in [4.78, 5) is 6.52. The molecule has 0 spiro atoms. The van der Waals surface area contributed by atoms with Gasteiger partial charge in [0.15, 0.2) is 3.95 Å². The van der Waals surface area contributed by atoms with Crippen molar-refractivity contribution >= 4 is 92.1 Å². The van der Waals surface area contributed by atoms with Crippen LogP contribution in [0.5, 0.6) is 0 Å². The molecule has 0 amide bonds. The Bertz CT molecular complexity index is 611. The molecule has 1 N–H and O–H groups in total. The Kier molecular flexibility index (Phi) is 14.9. The topological polar surface area (TPSA) is 22.3 Å². The van der Waals surface area contributed by atoms with Crippen LogP contribution in [-0.2, 0) is 44.7 Å². The first kappa shape index (κ1) is 25.4. The van der Waals surface area contributed by atoms with E-state index < -0.39 is 0 Å². The van der Waals surface area contributed by atoms with Gasteiger partial charge in [0.05, 0.1) is 10.2 Å². The average Bonchev–Trinajstić information content (AvgIpc) is 2.79. The van der Waals surface area contributed by atoms with Crippen molar-refractivity contribution in [3.8, 4) is 0 Å². The number of aromatic nitrogens is 1. The van der Waals surface area contributed by atoms with Gasteiger partial charge in [-0.1, -0.05) is 20.8 Å². The molecule has 0 aliphatic rings. The van der Waals surface area contributed by atoms with Gasteiger partial charge in [-0.25, -0.2) is 0 Å². The van der Waals surface area contributed by atoms with Gasteiger partial charge >= 0.3 is 19.5 Å². The third kappa shape index (κ3) is 12.2. The number of H-pyrrole nitrogens is 1. The number of nitrogens with zero attached hydrogens (tertiary/aromatic N) is 2. The van der Waals surface area contributed by atoms with Crippen molar-refractivity contribution in [2.75, 3.05) is 28.2 Å². The van der Waals surface area contributed by atoms with Gasteiger partial charge in [0.1, 0.15) is 0 Å². The molecule has 0 unspecified atom stereocenters. The van der Waals surface area contributed by atoms with Crippen LogP contribution in [0.25, 0.3) is 10.2 Å². The van der Waals surface area contributed by atoms with E-state index in [1.54, 1.807) is 21.1 Å². The molecule has 1 aromatic carbocycles. The largest absolute Gasteiger partial charge is 2.00 e. The normalized spacial score (nSPS) is 8.52. The summed E-state index contributed by atoms with van der Waals surface area (Å²) >= 11 is 24.8.